The van der Waals surface area contributed by atoms with Gasteiger partial charge < -0.3 is 16.0 Å². The summed E-state index contributed by atoms with van der Waals surface area (Å²) in [5, 5.41) is 8.23. The van der Waals surface area contributed by atoms with Gasteiger partial charge in [-0.25, -0.2) is 4.39 Å². The highest BCUT2D eigenvalue weighted by molar-refractivity contribution is 5.96. The van der Waals surface area contributed by atoms with Crippen LogP contribution in [0.4, 0.5) is 15.8 Å². The number of benzene rings is 2. The van der Waals surface area contributed by atoms with E-state index >= 15 is 0 Å². The minimum atomic E-state index is -0.339. The lowest BCUT2D eigenvalue weighted by atomic mass is 10.1. The van der Waals surface area contributed by atoms with Crippen LogP contribution < -0.4 is 16.0 Å². The number of hydrogen-bond donors (Lipinski definition) is 3. The lowest BCUT2D eigenvalue weighted by Gasteiger charge is -2.13. The highest BCUT2D eigenvalue weighted by Gasteiger charge is 2.09. The smallest absolute Gasteiger partial charge is 0.243 e. The zero-order valence-corrected chi connectivity index (χ0v) is 14.6. The normalized spacial score (nSPS) is 10.2. The van der Waals surface area contributed by atoms with Gasteiger partial charge in [0, 0.05) is 11.4 Å². The highest BCUT2D eigenvalue weighted by atomic mass is 19.1. The van der Waals surface area contributed by atoms with E-state index in [1.165, 1.54) is 24.3 Å². The van der Waals surface area contributed by atoms with Crippen molar-refractivity contribution in [3.05, 3.63) is 58.9 Å². The molecule has 0 spiro atoms. The molecule has 132 valence electrons. The van der Waals surface area contributed by atoms with Crippen LogP contribution in [0.25, 0.3) is 0 Å². The van der Waals surface area contributed by atoms with Gasteiger partial charge in [0.1, 0.15) is 5.82 Å². The maximum Gasteiger partial charge on any atom is 0.243 e. The molecule has 0 aliphatic carbocycles. The molecular weight excluding hydrogens is 321 g/mol. The van der Waals surface area contributed by atoms with E-state index in [0.29, 0.717) is 5.69 Å². The number of carbonyl (C=O) groups is 2. The molecule has 0 aliphatic rings. The van der Waals surface area contributed by atoms with E-state index in [2.05, 4.69) is 16.0 Å². The van der Waals surface area contributed by atoms with Gasteiger partial charge in [-0.1, -0.05) is 17.7 Å². The van der Waals surface area contributed by atoms with Gasteiger partial charge in [-0.15, -0.1) is 0 Å². The minimum absolute atomic E-state index is 0.00149. The maximum atomic E-state index is 12.8. The number of halogens is 1. The molecule has 3 N–H and O–H groups in total. The summed E-state index contributed by atoms with van der Waals surface area (Å²) in [4.78, 5) is 23.8. The Balaban J connectivity index is 1.79. The zero-order chi connectivity index (χ0) is 18.4. The maximum absolute atomic E-state index is 12.8. The number of nitrogens with one attached hydrogen (secondary N) is 3. The summed E-state index contributed by atoms with van der Waals surface area (Å²) in [6.07, 6.45) is 0. The molecule has 2 aromatic carbocycles. The minimum Gasteiger partial charge on any atom is -0.376 e. The fourth-order valence-electron chi connectivity index (χ4n) is 2.55. The number of aryl methyl sites for hydroxylation is 3. The first-order valence-corrected chi connectivity index (χ1v) is 7.99. The van der Waals surface area contributed by atoms with Crippen LogP contribution >= 0.6 is 0 Å². The van der Waals surface area contributed by atoms with E-state index in [1.807, 2.05) is 32.9 Å². The summed E-state index contributed by atoms with van der Waals surface area (Å²) in [6, 6.07) is 9.68. The van der Waals surface area contributed by atoms with Gasteiger partial charge in [0.2, 0.25) is 11.8 Å². The Labute approximate surface area is 146 Å². The van der Waals surface area contributed by atoms with Crippen LogP contribution in [-0.4, -0.2) is 24.9 Å². The third kappa shape index (κ3) is 5.60. The Morgan fingerprint density at radius 2 is 1.52 bits per heavy atom. The van der Waals surface area contributed by atoms with Crippen molar-refractivity contribution in [3.63, 3.8) is 0 Å². The second-order valence-electron chi connectivity index (χ2n) is 5.96. The molecule has 0 aromatic heterocycles. The van der Waals surface area contributed by atoms with Crippen molar-refractivity contribution in [3.8, 4) is 0 Å². The third-order valence-corrected chi connectivity index (χ3v) is 3.68. The summed E-state index contributed by atoms with van der Waals surface area (Å²) in [5.41, 5.74) is 4.50. The van der Waals surface area contributed by atoms with Crippen LogP contribution in [0.2, 0.25) is 0 Å². The monoisotopic (exact) mass is 343 g/mol. The van der Waals surface area contributed by atoms with Gasteiger partial charge in [-0.2, -0.15) is 0 Å². The van der Waals surface area contributed by atoms with Crippen molar-refractivity contribution in [1.29, 1.82) is 0 Å². The lowest BCUT2D eigenvalue weighted by molar-refractivity contribution is -0.122. The molecule has 0 unspecified atom stereocenters. The van der Waals surface area contributed by atoms with Crippen molar-refractivity contribution in [2.75, 3.05) is 23.7 Å². The molecule has 2 aromatic rings. The Kier molecular flexibility index (Phi) is 6.11. The van der Waals surface area contributed by atoms with Crippen molar-refractivity contribution in [2.24, 2.45) is 0 Å². The molecule has 0 bridgehead atoms. The fourth-order valence-corrected chi connectivity index (χ4v) is 2.55. The van der Waals surface area contributed by atoms with Crippen LogP contribution in [0.15, 0.2) is 36.4 Å². The Bertz CT molecular complexity index is 750. The topological polar surface area (TPSA) is 70.2 Å². The molecule has 6 heteroatoms. The van der Waals surface area contributed by atoms with E-state index in [-0.39, 0.29) is 30.7 Å². The number of amides is 2. The molecule has 0 aliphatic heterocycles. The van der Waals surface area contributed by atoms with Crippen LogP contribution in [0, 0.1) is 26.6 Å². The number of hydrogen-bond acceptors (Lipinski definition) is 3. The first-order valence-electron chi connectivity index (χ1n) is 7.99. The van der Waals surface area contributed by atoms with Crippen LogP contribution in [-0.2, 0) is 9.59 Å². The molecule has 0 saturated carbocycles. The number of anilines is 2. The Morgan fingerprint density at radius 3 is 2.12 bits per heavy atom. The van der Waals surface area contributed by atoms with Gasteiger partial charge in [0.05, 0.1) is 13.1 Å². The molecule has 25 heavy (non-hydrogen) atoms. The molecule has 0 fully saturated rings. The largest absolute Gasteiger partial charge is 0.376 e. The summed E-state index contributed by atoms with van der Waals surface area (Å²) in [6.45, 7) is 5.75. The lowest BCUT2D eigenvalue weighted by Crippen LogP contribution is -2.36. The van der Waals surface area contributed by atoms with E-state index < -0.39 is 0 Å². The van der Waals surface area contributed by atoms with E-state index in [4.69, 9.17) is 0 Å². The van der Waals surface area contributed by atoms with Crippen molar-refractivity contribution in [1.82, 2.24) is 5.32 Å². The summed E-state index contributed by atoms with van der Waals surface area (Å²) < 4.78 is 12.8. The number of carbonyl (C=O) groups excluding carboxylic acids is 2. The average Bonchev–Trinajstić information content (AvgIpc) is 2.55. The van der Waals surface area contributed by atoms with E-state index in [9.17, 15) is 14.0 Å². The first kappa shape index (κ1) is 18.4. The summed E-state index contributed by atoms with van der Waals surface area (Å²) in [5.74, 6) is -0.949. The third-order valence-electron chi connectivity index (χ3n) is 3.68. The fraction of sp³-hybridized carbons (Fsp3) is 0.263. The Hall–Kier alpha value is -2.89. The molecule has 0 heterocycles. The molecular formula is C19H22FN3O2. The Morgan fingerprint density at radius 1 is 0.920 bits per heavy atom. The quantitative estimate of drug-likeness (QED) is 0.755. The van der Waals surface area contributed by atoms with Gasteiger partial charge in [-0.05, 0) is 56.2 Å². The molecule has 2 rings (SSSR count). The van der Waals surface area contributed by atoms with Gasteiger partial charge in [-0.3, -0.25) is 9.59 Å². The van der Waals surface area contributed by atoms with Crippen LogP contribution in [0.3, 0.4) is 0 Å². The summed E-state index contributed by atoms with van der Waals surface area (Å²) in [7, 11) is 0. The summed E-state index contributed by atoms with van der Waals surface area (Å²) >= 11 is 0. The second kappa shape index (κ2) is 8.28. The highest BCUT2D eigenvalue weighted by Crippen LogP contribution is 2.21. The predicted molar refractivity (Wildman–Crippen MR) is 97.2 cm³/mol. The van der Waals surface area contributed by atoms with Gasteiger partial charge in [0.25, 0.3) is 0 Å². The molecule has 2 amide bonds. The zero-order valence-electron chi connectivity index (χ0n) is 14.6. The molecule has 5 nitrogen and oxygen atoms in total. The van der Waals surface area contributed by atoms with Crippen LogP contribution in [0.5, 0.6) is 0 Å². The predicted octanol–water partition coefficient (Wildman–Crippen LogP) is 2.92. The van der Waals surface area contributed by atoms with Gasteiger partial charge >= 0.3 is 0 Å². The second-order valence-corrected chi connectivity index (χ2v) is 5.96. The van der Waals surface area contributed by atoms with Crippen molar-refractivity contribution in [2.45, 2.75) is 20.8 Å². The first-order chi connectivity index (χ1) is 11.8. The average molecular weight is 343 g/mol. The van der Waals surface area contributed by atoms with Crippen molar-refractivity contribution < 1.29 is 14.0 Å². The van der Waals surface area contributed by atoms with Crippen LogP contribution in [0.1, 0.15) is 16.7 Å². The molecule has 0 saturated heterocycles. The number of rotatable bonds is 6. The SMILES string of the molecule is Cc1cc(C)c(NC(=O)CNC(=O)CNc2ccc(F)cc2)c(C)c1. The van der Waals surface area contributed by atoms with E-state index in [0.717, 1.165) is 22.4 Å². The standard InChI is InChI=1S/C19H22FN3O2/c1-12-8-13(2)19(14(3)9-12)23-18(25)11-22-17(24)10-21-16-6-4-15(20)5-7-16/h4-9,21H,10-11H2,1-3H3,(H,22,24)(H,23,25). The molecule has 0 radical (unpaired) electrons. The molecule has 0 atom stereocenters. The van der Waals surface area contributed by atoms with Crippen molar-refractivity contribution >= 4 is 23.2 Å². The van der Waals surface area contributed by atoms with E-state index in [1.54, 1.807) is 0 Å². The van der Waals surface area contributed by atoms with Gasteiger partial charge in [0.15, 0.2) is 0 Å².